The molecule has 2 aromatic rings. The highest BCUT2D eigenvalue weighted by Gasteiger charge is 2.25. The molecule has 1 fully saturated rings. The first-order chi connectivity index (χ1) is 10.5. The average molecular weight is 298 g/mol. The molecule has 22 heavy (non-hydrogen) atoms. The summed E-state index contributed by atoms with van der Waals surface area (Å²) in [6.07, 6.45) is 0.391. The Kier molecular flexibility index (Phi) is 4.07. The second kappa shape index (κ2) is 6.01. The molecule has 5 nitrogen and oxygen atoms in total. The van der Waals surface area contributed by atoms with Crippen molar-refractivity contribution >= 4 is 5.82 Å². The molecule has 116 valence electrons. The highest BCUT2D eigenvalue weighted by Crippen LogP contribution is 2.23. The fraction of sp³-hybridized carbons (Fsp3) is 0.471. The average Bonchev–Trinajstić information content (AvgIpc) is 2.47. The van der Waals surface area contributed by atoms with Crippen molar-refractivity contribution in [3.8, 4) is 11.4 Å². The van der Waals surface area contributed by atoms with Gasteiger partial charge in [-0.1, -0.05) is 29.8 Å². The van der Waals surface area contributed by atoms with Crippen molar-refractivity contribution in [2.75, 3.05) is 18.0 Å². The van der Waals surface area contributed by atoms with E-state index in [1.165, 1.54) is 5.56 Å². The molecular formula is C17H22N4O. The van der Waals surface area contributed by atoms with Crippen LogP contribution in [0.15, 0.2) is 24.3 Å². The van der Waals surface area contributed by atoms with Crippen molar-refractivity contribution < 1.29 is 4.74 Å². The van der Waals surface area contributed by atoms with Gasteiger partial charge in [0.15, 0.2) is 11.6 Å². The predicted octanol–water partition coefficient (Wildman–Crippen LogP) is 2.77. The lowest BCUT2D eigenvalue weighted by Crippen LogP contribution is -2.46. The minimum absolute atomic E-state index is 0.195. The van der Waals surface area contributed by atoms with E-state index in [1.807, 2.05) is 19.1 Å². The van der Waals surface area contributed by atoms with Crippen molar-refractivity contribution in [3.63, 3.8) is 0 Å². The van der Waals surface area contributed by atoms with Crippen LogP contribution in [0.25, 0.3) is 11.4 Å². The monoisotopic (exact) mass is 298 g/mol. The molecular weight excluding hydrogens is 276 g/mol. The summed E-state index contributed by atoms with van der Waals surface area (Å²) in [5.74, 6) is 1.58. The SMILES string of the molecule is Cc1ccc(-c2nnc(C)c(N3C[C@@H](C)O[C@@H](C)C3)n2)cc1. The molecule has 0 spiro atoms. The number of ether oxygens (including phenoxy) is 1. The second-order valence-electron chi connectivity index (χ2n) is 6.07. The zero-order chi connectivity index (χ0) is 15.7. The summed E-state index contributed by atoms with van der Waals surface area (Å²) in [5, 5.41) is 8.56. The van der Waals surface area contributed by atoms with Crippen LogP contribution in [0.5, 0.6) is 0 Å². The number of rotatable bonds is 2. The van der Waals surface area contributed by atoms with Crippen molar-refractivity contribution in [3.05, 3.63) is 35.5 Å². The van der Waals surface area contributed by atoms with Crippen LogP contribution in [0.3, 0.4) is 0 Å². The van der Waals surface area contributed by atoms with Gasteiger partial charge in [0.05, 0.1) is 12.2 Å². The van der Waals surface area contributed by atoms with E-state index >= 15 is 0 Å². The Morgan fingerprint density at radius 2 is 1.64 bits per heavy atom. The molecule has 2 heterocycles. The summed E-state index contributed by atoms with van der Waals surface area (Å²) >= 11 is 0. The van der Waals surface area contributed by atoms with Crippen LogP contribution in [-0.2, 0) is 4.74 Å². The van der Waals surface area contributed by atoms with Gasteiger partial charge >= 0.3 is 0 Å². The standard InChI is InChI=1S/C17H22N4O/c1-11-5-7-15(8-6-11)16-18-17(14(4)19-20-16)21-9-12(2)22-13(3)10-21/h5-8,12-13H,9-10H2,1-4H3/t12-,13+. The lowest BCUT2D eigenvalue weighted by Gasteiger charge is -2.36. The molecule has 0 radical (unpaired) electrons. The summed E-state index contributed by atoms with van der Waals surface area (Å²) in [6.45, 7) is 9.87. The summed E-state index contributed by atoms with van der Waals surface area (Å²) in [4.78, 5) is 7.01. The van der Waals surface area contributed by atoms with E-state index < -0.39 is 0 Å². The van der Waals surface area contributed by atoms with Gasteiger partial charge in [-0.15, -0.1) is 10.2 Å². The van der Waals surface area contributed by atoms with E-state index in [9.17, 15) is 0 Å². The van der Waals surface area contributed by atoms with Gasteiger partial charge in [-0.2, -0.15) is 0 Å². The molecule has 3 rings (SSSR count). The van der Waals surface area contributed by atoms with Crippen LogP contribution < -0.4 is 4.90 Å². The first kappa shape index (κ1) is 14.9. The molecule has 2 atom stereocenters. The zero-order valence-electron chi connectivity index (χ0n) is 13.6. The molecule has 0 amide bonds. The molecule has 0 N–H and O–H groups in total. The first-order valence-corrected chi connectivity index (χ1v) is 7.71. The van der Waals surface area contributed by atoms with Gasteiger partial charge in [0.25, 0.3) is 0 Å². The molecule has 1 saturated heterocycles. The van der Waals surface area contributed by atoms with Crippen LogP contribution in [0.4, 0.5) is 5.82 Å². The maximum atomic E-state index is 5.80. The highest BCUT2D eigenvalue weighted by molar-refractivity contribution is 5.58. The third-order valence-corrected chi connectivity index (χ3v) is 3.86. The Hall–Kier alpha value is -2.01. The van der Waals surface area contributed by atoms with E-state index in [0.29, 0.717) is 5.82 Å². The Labute approximate surface area is 131 Å². The van der Waals surface area contributed by atoms with Crippen molar-refractivity contribution in [2.45, 2.75) is 39.9 Å². The third kappa shape index (κ3) is 3.09. The predicted molar refractivity (Wildman–Crippen MR) is 87.0 cm³/mol. The lowest BCUT2D eigenvalue weighted by atomic mass is 10.1. The Morgan fingerprint density at radius 1 is 1.00 bits per heavy atom. The van der Waals surface area contributed by atoms with Crippen LogP contribution in [0.1, 0.15) is 25.1 Å². The van der Waals surface area contributed by atoms with E-state index in [1.54, 1.807) is 0 Å². The molecule has 0 aliphatic carbocycles. The number of hydrogen-bond donors (Lipinski definition) is 0. The number of aromatic nitrogens is 3. The van der Waals surface area contributed by atoms with Crippen LogP contribution in [0, 0.1) is 13.8 Å². The number of anilines is 1. The van der Waals surface area contributed by atoms with Crippen molar-refractivity contribution in [2.24, 2.45) is 0 Å². The zero-order valence-corrected chi connectivity index (χ0v) is 13.6. The number of morpholine rings is 1. The van der Waals surface area contributed by atoms with Crippen molar-refractivity contribution in [1.82, 2.24) is 15.2 Å². The molecule has 5 heteroatoms. The normalized spacial score (nSPS) is 21.9. The highest BCUT2D eigenvalue weighted by atomic mass is 16.5. The number of benzene rings is 1. The molecule has 0 saturated carbocycles. The molecule has 1 aliphatic heterocycles. The number of aryl methyl sites for hydroxylation is 2. The molecule has 0 unspecified atom stereocenters. The molecule has 0 bridgehead atoms. The molecule has 1 aliphatic rings. The maximum absolute atomic E-state index is 5.80. The van der Waals surface area contributed by atoms with Gasteiger partial charge in [0.1, 0.15) is 5.69 Å². The first-order valence-electron chi connectivity index (χ1n) is 7.71. The van der Waals surface area contributed by atoms with Crippen LogP contribution in [-0.4, -0.2) is 40.5 Å². The summed E-state index contributed by atoms with van der Waals surface area (Å²) in [7, 11) is 0. The van der Waals surface area contributed by atoms with E-state index in [-0.39, 0.29) is 12.2 Å². The van der Waals surface area contributed by atoms with Gasteiger partial charge < -0.3 is 9.64 Å². The summed E-state index contributed by atoms with van der Waals surface area (Å²) in [5.41, 5.74) is 3.07. The van der Waals surface area contributed by atoms with Gasteiger partial charge in [-0.25, -0.2) is 4.98 Å². The van der Waals surface area contributed by atoms with Crippen molar-refractivity contribution in [1.29, 1.82) is 0 Å². The summed E-state index contributed by atoms with van der Waals surface area (Å²) in [6, 6.07) is 8.21. The Balaban J connectivity index is 1.94. The Bertz CT molecular complexity index is 646. The smallest absolute Gasteiger partial charge is 0.183 e. The minimum atomic E-state index is 0.195. The second-order valence-corrected chi connectivity index (χ2v) is 6.07. The van der Waals surface area contributed by atoms with Crippen LogP contribution in [0.2, 0.25) is 0 Å². The fourth-order valence-corrected chi connectivity index (χ4v) is 2.85. The molecule has 1 aromatic heterocycles. The van der Waals surface area contributed by atoms with Gasteiger partial charge in [-0.05, 0) is 27.7 Å². The van der Waals surface area contributed by atoms with Crippen LogP contribution >= 0.6 is 0 Å². The summed E-state index contributed by atoms with van der Waals surface area (Å²) < 4.78 is 5.80. The number of nitrogens with zero attached hydrogens (tertiary/aromatic N) is 4. The third-order valence-electron chi connectivity index (χ3n) is 3.86. The topological polar surface area (TPSA) is 51.1 Å². The van der Waals surface area contributed by atoms with E-state index in [0.717, 1.165) is 30.2 Å². The fourth-order valence-electron chi connectivity index (χ4n) is 2.85. The lowest BCUT2D eigenvalue weighted by molar-refractivity contribution is -0.00552. The Morgan fingerprint density at radius 3 is 2.27 bits per heavy atom. The molecule has 1 aromatic carbocycles. The van der Waals surface area contributed by atoms with E-state index in [4.69, 9.17) is 9.72 Å². The number of hydrogen-bond acceptors (Lipinski definition) is 5. The van der Waals surface area contributed by atoms with Gasteiger partial charge in [-0.3, -0.25) is 0 Å². The maximum Gasteiger partial charge on any atom is 0.183 e. The largest absolute Gasteiger partial charge is 0.372 e. The minimum Gasteiger partial charge on any atom is -0.372 e. The quantitative estimate of drug-likeness (QED) is 0.853. The van der Waals surface area contributed by atoms with Gasteiger partial charge in [0.2, 0.25) is 0 Å². The van der Waals surface area contributed by atoms with Gasteiger partial charge in [0, 0.05) is 18.7 Å². The van der Waals surface area contributed by atoms with E-state index in [2.05, 4.69) is 48.0 Å².